The largest absolute Gasteiger partial charge is 0.480 e. The molecule has 24 heavy (non-hydrogen) atoms. The first kappa shape index (κ1) is 16.9. The van der Waals surface area contributed by atoms with Crippen LogP contribution in [0.25, 0.3) is 0 Å². The number of carbonyl (C=O) groups excluding carboxylic acids is 1. The van der Waals surface area contributed by atoms with Crippen molar-refractivity contribution in [2.45, 2.75) is 31.7 Å². The lowest BCUT2D eigenvalue weighted by molar-refractivity contribution is -0.139. The molecular weight excluding hydrogens is 348 g/mol. The zero-order chi connectivity index (χ0) is 17.1. The molecule has 0 aliphatic heterocycles. The lowest BCUT2D eigenvalue weighted by Crippen LogP contribution is -2.42. The summed E-state index contributed by atoms with van der Waals surface area (Å²) in [7, 11) is 0. The van der Waals surface area contributed by atoms with Gasteiger partial charge in [0.25, 0.3) is 5.91 Å². The van der Waals surface area contributed by atoms with Gasteiger partial charge in [-0.05, 0) is 48.9 Å². The first-order valence-corrected chi connectivity index (χ1v) is 8.92. The molecule has 2 N–H and O–H groups in total. The molecule has 2 aromatic heterocycles. The number of pyridine rings is 1. The number of rotatable bonds is 7. The van der Waals surface area contributed by atoms with Crippen LogP contribution in [0.1, 0.15) is 33.0 Å². The molecule has 1 aliphatic carbocycles. The van der Waals surface area contributed by atoms with E-state index in [2.05, 4.69) is 10.3 Å². The van der Waals surface area contributed by atoms with Gasteiger partial charge in [0.05, 0.1) is 9.90 Å². The van der Waals surface area contributed by atoms with Gasteiger partial charge in [0, 0.05) is 23.7 Å². The van der Waals surface area contributed by atoms with Crippen LogP contribution in [0.4, 0.5) is 0 Å². The number of thiophene rings is 1. The number of halogens is 1. The van der Waals surface area contributed by atoms with Crippen molar-refractivity contribution in [2.24, 2.45) is 5.92 Å². The smallest absolute Gasteiger partial charge is 0.326 e. The summed E-state index contributed by atoms with van der Waals surface area (Å²) in [6.45, 7) is 0. The molecule has 1 unspecified atom stereocenters. The van der Waals surface area contributed by atoms with Crippen molar-refractivity contribution in [2.75, 3.05) is 0 Å². The minimum Gasteiger partial charge on any atom is -0.480 e. The molecule has 2 heterocycles. The summed E-state index contributed by atoms with van der Waals surface area (Å²) in [4.78, 5) is 29.4. The molecule has 7 heteroatoms. The number of carbonyl (C=O) groups is 2. The standard InChI is InChI=1S/C17H17ClN2O3S/c18-12-5-11(8-19-9-12)7-14(17(22)23)20-16(21)15-4-3-13(24-15)6-10-1-2-10/h3-5,8-10,14H,1-2,6-7H2,(H,20,21)(H,22,23). The lowest BCUT2D eigenvalue weighted by Gasteiger charge is -2.14. The molecule has 5 nitrogen and oxygen atoms in total. The first-order valence-electron chi connectivity index (χ1n) is 7.73. The molecular formula is C17H17ClN2O3S. The average molecular weight is 365 g/mol. The van der Waals surface area contributed by atoms with Crippen molar-refractivity contribution in [1.29, 1.82) is 0 Å². The second-order valence-corrected chi connectivity index (χ2v) is 7.60. The normalized spacial score (nSPS) is 15.0. The van der Waals surface area contributed by atoms with E-state index in [9.17, 15) is 14.7 Å². The highest BCUT2D eigenvalue weighted by molar-refractivity contribution is 7.14. The van der Waals surface area contributed by atoms with Gasteiger partial charge in [-0.2, -0.15) is 0 Å². The highest BCUT2D eigenvalue weighted by Gasteiger charge is 2.24. The van der Waals surface area contributed by atoms with Gasteiger partial charge in [-0.25, -0.2) is 4.79 Å². The second kappa shape index (κ2) is 7.32. The number of carboxylic acids is 1. The maximum atomic E-state index is 12.3. The molecule has 3 rings (SSSR count). The Morgan fingerprint density at radius 2 is 2.17 bits per heavy atom. The Kier molecular flexibility index (Phi) is 5.16. The topological polar surface area (TPSA) is 79.3 Å². The van der Waals surface area contributed by atoms with Gasteiger partial charge in [0.2, 0.25) is 0 Å². The predicted molar refractivity (Wildman–Crippen MR) is 92.6 cm³/mol. The third-order valence-electron chi connectivity index (χ3n) is 3.88. The van der Waals surface area contributed by atoms with Crippen LogP contribution in [0, 0.1) is 5.92 Å². The van der Waals surface area contributed by atoms with Crippen molar-refractivity contribution >= 4 is 34.8 Å². The van der Waals surface area contributed by atoms with E-state index in [1.54, 1.807) is 18.3 Å². The van der Waals surface area contributed by atoms with Gasteiger partial charge >= 0.3 is 5.97 Å². The number of hydrogen-bond acceptors (Lipinski definition) is 4. The fraction of sp³-hybridized carbons (Fsp3) is 0.353. The Morgan fingerprint density at radius 1 is 1.38 bits per heavy atom. The summed E-state index contributed by atoms with van der Waals surface area (Å²) >= 11 is 7.30. The molecule has 1 saturated carbocycles. The molecule has 0 radical (unpaired) electrons. The van der Waals surface area contributed by atoms with E-state index in [1.807, 2.05) is 6.07 Å². The zero-order valence-corrected chi connectivity index (χ0v) is 14.4. The van der Waals surface area contributed by atoms with E-state index in [0.29, 0.717) is 15.5 Å². The molecule has 0 saturated heterocycles. The Hall–Kier alpha value is -1.92. The van der Waals surface area contributed by atoms with E-state index in [4.69, 9.17) is 11.6 Å². The summed E-state index contributed by atoms with van der Waals surface area (Å²) in [5, 5.41) is 12.4. The maximum Gasteiger partial charge on any atom is 0.326 e. The SMILES string of the molecule is O=C(NC(Cc1cncc(Cl)c1)C(=O)O)c1ccc(CC2CC2)s1. The molecule has 0 bridgehead atoms. The van der Waals surface area contributed by atoms with Gasteiger partial charge in [-0.3, -0.25) is 9.78 Å². The minimum absolute atomic E-state index is 0.134. The van der Waals surface area contributed by atoms with Crippen molar-refractivity contribution in [1.82, 2.24) is 10.3 Å². The Labute approximate surface area is 148 Å². The second-order valence-electron chi connectivity index (χ2n) is 5.99. The highest BCUT2D eigenvalue weighted by atomic mass is 35.5. The van der Waals surface area contributed by atoms with Crippen molar-refractivity contribution in [3.05, 3.63) is 50.9 Å². The molecule has 2 aromatic rings. The zero-order valence-electron chi connectivity index (χ0n) is 12.9. The third-order valence-corrected chi connectivity index (χ3v) is 5.19. The fourth-order valence-corrected chi connectivity index (χ4v) is 3.67. The summed E-state index contributed by atoms with van der Waals surface area (Å²) < 4.78 is 0. The van der Waals surface area contributed by atoms with Crippen molar-refractivity contribution in [3.8, 4) is 0 Å². The maximum absolute atomic E-state index is 12.3. The van der Waals surface area contributed by atoms with Crippen LogP contribution in [0.15, 0.2) is 30.6 Å². The van der Waals surface area contributed by atoms with E-state index >= 15 is 0 Å². The predicted octanol–water partition coefficient (Wildman–Crippen LogP) is 3.17. The van der Waals surface area contributed by atoms with Gasteiger partial charge in [0.1, 0.15) is 6.04 Å². The molecule has 126 valence electrons. The first-order chi connectivity index (χ1) is 11.5. The average Bonchev–Trinajstić information content (AvgIpc) is 3.21. The van der Waals surface area contributed by atoms with Crippen LogP contribution in [0.3, 0.4) is 0 Å². The van der Waals surface area contributed by atoms with Gasteiger partial charge in [-0.1, -0.05) is 11.6 Å². The molecule has 1 fully saturated rings. The Bertz CT molecular complexity index is 758. The third kappa shape index (κ3) is 4.55. The lowest BCUT2D eigenvalue weighted by atomic mass is 10.1. The highest BCUT2D eigenvalue weighted by Crippen LogP contribution is 2.34. The molecule has 1 aliphatic rings. The fourth-order valence-electron chi connectivity index (χ4n) is 2.45. The Morgan fingerprint density at radius 3 is 2.83 bits per heavy atom. The number of carboxylic acid groups (broad SMARTS) is 1. The van der Waals surface area contributed by atoms with Crippen molar-refractivity contribution in [3.63, 3.8) is 0 Å². The number of aromatic nitrogens is 1. The number of nitrogens with one attached hydrogen (secondary N) is 1. The minimum atomic E-state index is -1.09. The van der Waals surface area contributed by atoms with E-state index in [1.165, 1.54) is 35.3 Å². The number of aliphatic carboxylic acids is 1. The summed E-state index contributed by atoms with van der Waals surface area (Å²) in [5.74, 6) is -0.691. The van der Waals surface area contributed by atoms with Crippen molar-refractivity contribution < 1.29 is 14.7 Å². The van der Waals surface area contributed by atoms with Crippen LogP contribution in [0.2, 0.25) is 5.02 Å². The summed E-state index contributed by atoms with van der Waals surface area (Å²) in [5.41, 5.74) is 0.663. The molecule has 1 atom stereocenters. The summed E-state index contributed by atoms with van der Waals surface area (Å²) in [6.07, 6.45) is 6.69. The Balaban J connectivity index is 1.64. The van der Waals surface area contributed by atoms with E-state index < -0.39 is 12.0 Å². The van der Waals surface area contributed by atoms with Crippen LogP contribution in [-0.4, -0.2) is 28.0 Å². The van der Waals surface area contributed by atoms with Gasteiger partial charge in [-0.15, -0.1) is 11.3 Å². The van der Waals surface area contributed by atoms with Crippen LogP contribution < -0.4 is 5.32 Å². The molecule has 0 aromatic carbocycles. The number of hydrogen-bond donors (Lipinski definition) is 2. The number of nitrogens with zero attached hydrogens (tertiary/aromatic N) is 1. The van der Waals surface area contributed by atoms with Gasteiger partial charge < -0.3 is 10.4 Å². The van der Waals surface area contributed by atoms with E-state index in [0.717, 1.165) is 12.3 Å². The number of amides is 1. The van der Waals surface area contributed by atoms with Crippen LogP contribution in [-0.2, 0) is 17.6 Å². The molecule has 1 amide bonds. The van der Waals surface area contributed by atoms with Crippen LogP contribution in [0.5, 0.6) is 0 Å². The summed E-state index contributed by atoms with van der Waals surface area (Å²) in [6, 6.07) is 4.34. The quantitative estimate of drug-likeness (QED) is 0.790. The van der Waals surface area contributed by atoms with Gasteiger partial charge in [0.15, 0.2) is 0 Å². The van der Waals surface area contributed by atoms with Crippen LogP contribution >= 0.6 is 22.9 Å². The van der Waals surface area contributed by atoms with E-state index in [-0.39, 0.29) is 12.3 Å². The molecule has 0 spiro atoms. The monoisotopic (exact) mass is 364 g/mol.